The van der Waals surface area contributed by atoms with Crippen molar-refractivity contribution in [3.8, 4) is 0 Å². The SMILES string of the molecule is Cc1ncc(S(=O)(=O)N(CC(N)=O)C(C)C)[nH]1. The molecule has 7 nitrogen and oxygen atoms in total. The number of sulfonamides is 1. The lowest BCUT2D eigenvalue weighted by Crippen LogP contribution is -2.42. The van der Waals surface area contributed by atoms with E-state index in [4.69, 9.17) is 5.73 Å². The molecule has 1 aromatic rings. The Kier molecular flexibility index (Phi) is 3.89. The summed E-state index contributed by atoms with van der Waals surface area (Å²) in [6.07, 6.45) is 1.22. The van der Waals surface area contributed by atoms with E-state index in [2.05, 4.69) is 9.97 Å². The molecule has 8 heteroatoms. The van der Waals surface area contributed by atoms with E-state index in [1.54, 1.807) is 20.8 Å². The zero-order valence-electron chi connectivity index (χ0n) is 9.97. The summed E-state index contributed by atoms with van der Waals surface area (Å²) in [4.78, 5) is 17.3. The highest BCUT2D eigenvalue weighted by Crippen LogP contribution is 2.15. The summed E-state index contributed by atoms with van der Waals surface area (Å²) < 4.78 is 25.4. The molecule has 1 amide bonds. The first-order chi connectivity index (χ1) is 7.75. The molecule has 0 saturated heterocycles. The molecule has 0 saturated carbocycles. The van der Waals surface area contributed by atoms with Crippen molar-refractivity contribution in [1.29, 1.82) is 0 Å². The van der Waals surface area contributed by atoms with Gasteiger partial charge in [0.1, 0.15) is 5.82 Å². The fourth-order valence-electron chi connectivity index (χ4n) is 1.35. The normalized spacial score (nSPS) is 12.3. The summed E-state index contributed by atoms with van der Waals surface area (Å²) in [7, 11) is -3.76. The van der Waals surface area contributed by atoms with Gasteiger partial charge in [-0.25, -0.2) is 13.4 Å². The summed E-state index contributed by atoms with van der Waals surface area (Å²) in [6.45, 7) is 4.64. The van der Waals surface area contributed by atoms with Crippen molar-refractivity contribution >= 4 is 15.9 Å². The van der Waals surface area contributed by atoms with Crippen LogP contribution < -0.4 is 5.73 Å². The van der Waals surface area contributed by atoms with Gasteiger partial charge in [0.05, 0.1) is 12.7 Å². The predicted molar refractivity (Wildman–Crippen MR) is 61.5 cm³/mol. The number of carbonyl (C=O) groups is 1. The third-order valence-corrected chi connectivity index (χ3v) is 4.09. The molecular formula is C9H16N4O3S. The zero-order chi connectivity index (χ0) is 13.2. The Morgan fingerprint density at radius 1 is 1.59 bits per heavy atom. The van der Waals surface area contributed by atoms with E-state index < -0.39 is 15.9 Å². The first-order valence-corrected chi connectivity index (χ1v) is 6.51. The highest BCUT2D eigenvalue weighted by Gasteiger charge is 2.29. The molecule has 0 radical (unpaired) electrons. The van der Waals surface area contributed by atoms with Gasteiger partial charge in [0, 0.05) is 6.04 Å². The van der Waals surface area contributed by atoms with Gasteiger partial charge in [-0.1, -0.05) is 0 Å². The van der Waals surface area contributed by atoms with Crippen LogP contribution in [0.1, 0.15) is 19.7 Å². The summed E-state index contributed by atoms with van der Waals surface area (Å²) in [6, 6.07) is -0.365. The number of primary amides is 1. The smallest absolute Gasteiger partial charge is 0.260 e. The van der Waals surface area contributed by atoms with E-state index in [0.29, 0.717) is 5.82 Å². The van der Waals surface area contributed by atoms with Crippen LogP contribution in [-0.4, -0.2) is 41.2 Å². The quantitative estimate of drug-likeness (QED) is 0.750. The van der Waals surface area contributed by atoms with Gasteiger partial charge in [0.2, 0.25) is 5.91 Å². The third kappa shape index (κ3) is 3.04. The van der Waals surface area contributed by atoms with Gasteiger partial charge in [-0.3, -0.25) is 4.79 Å². The Morgan fingerprint density at radius 3 is 2.53 bits per heavy atom. The second-order valence-corrected chi connectivity index (χ2v) is 5.80. The van der Waals surface area contributed by atoms with Crippen LogP contribution in [-0.2, 0) is 14.8 Å². The largest absolute Gasteiger partial charge is 0.369 e. The van der Waals surface area contributed by atoms with Gasteiger partial charge >= 0.3 is 0 Å². The molecule has 0 fully saturated rings. The van der Waals surface area contributed by atoms with Gasteiger partial charge in [-0.2, -0.15) is 4.31 Å². The molecule has 0 unspecified atom stereocenters. The molecule has 17 heavy (non-hydrogen) atoms. The van der Waals surface area contributed by atoms with Crippen molar-refractivity contribution in [2.75, 3.05) is 6.54 Å². The van der Waals surface area contributed by atoms with Crippen LogP contribution in [0.4, 0.5) is 0 Å². The topological polar surface area (TPSA) is 109 Å². The van der Waals surface area contributed by atoms with Crippen molar-refractivity contribution in [1.82, 2.24) is 14.3 Å². The molecule has 0 spiro atoms. The Labute approximate surface area is 100 Å². The molecule has 0 aliphatic carbocycles. The number of amides is 1. The van der Waals surface area contributed by atoms with Gasteiger partial charge in [-0.05, 0) is 20.8 Å². The van der Waals surface area contributed by atoms with E-state index in [1.807, 2.05) is 0 Å². The van der Waals surface area contributed by atoms with Crippen molar-refractivity contribution in [3.05, 3.63) is 12.0 Å². The minimum absolute atomic E-state index is 0.0371. The maximum atomic E-state index is 12.2. The van der Waals surface area contributed by atoms with E-state index in [0.717, 1.165) is 4.31 Å². The highest BCUT2D eigenvalue weighted by molar-refractivity contribution is 7.89. The molecular weight excluding hydrogens is 244 g/mol. The summed E-state index contributed by atoms with van der Waals surface area (Å²) >= 11 is 0. The van der Waals surface area contributed by atoms with Gasteiger partial charge < -0.3 is 10.7 Å². The Bertz CT molecular complexity index is 506. The van der Waals surface area contributed by atoms with Crippen LogP contribution in [0.25, 0.3) is 0 Å². The maximum absolute atomic E-state index is 12.2. The van der Waals surface area contributed by atoms with Crippen molar-refractivity contribution < 1.29 is 13.2 Å². The number of hydrogen-bond acceptors (Lipinski definition) is 4. The lowest BCUT2D eigenvalue weighted by atomic mass is 10.4. The van der Waals surface area contributed by atoms with Gasteiger partial charge in [0.25, 0.3) is 10.0 Å². The average molecular weight is 260 g/mol. The van der Waals surface area contributed by atoms with Crippen LogP contribution in [0.15, 0.2) is 11.2 Å². The molecule has 0 aliphatic rings. The van der Waals surface area contributed by atoms with E-state index in [-0.39, 0.29) is 17.6 Å². The second-order valence-electron chi connectivity index (χ2n) is 3.94. The van der Waals surface area contributed by atoms with Gasteiger partial charge in [-0.15, -0.1) is 0 Å². The summed E-state index contributed by atoms with van der Waals surface area (Å²) in [5.74, 6) is -0.204. The van der Waals surface area contributed by atoms with Crippen LogP contribution >= 0.6 is 0 Å². The molecule has 96 valence electrons. The molecule has 1 heterocycles. The predicted octanol–water partition coefficient (Wildman–Crippen LogP) is -0.397. The van der Waals surface area contributed by atoms with E-state index in [1.165, 1.54) is 6.20 Å². The summed E-state index contributed by atoms with van der Waals surface area (Å²) in [5, 5.41) is -0.0371. The number of carbonyl (C=O) groups excluding carboxylic acids is 1. The number of nitrogens with one attached hydrogen (secondary N) is 1. The maximum Gasteiger partial charge on any atom is 0.260 e. The molecule has 0 aromatic carbocycles. The van der Waals surface area contributed by atoms with E-state index >= 15 is 0 Å². The number of rotatable bonds is 5. The zero-order valence-corrected chi connectivity index (χ0v) is 10.8. The number of imidazole rings is 1. The lowest BCUT2D eigenvalue weighted by Gasteiger charge is -2.23. The Balaban J connectivity index is 3.13. The fourth-order valence-corrected chi connectivity index (χ4v) is 2.92. The second kappa shape index (κ2) is 4.84. The molecule has 0 aliphatic heterocycles. The third-order valence-electron chi connectivity index (χ3n) is 2.15. The summed E-state index contributed by atoms with van der Waals surface area (Å²) in [5.41, 5.74) is 5.04. The minimum atomic E-state index is -3.76. The van der Waals surface area contributed by atoms with Crippen molar-refractivity contribution in [2.24, 2.45) is 5.73 Å². The first-order valence-electron chi connectivity index (χ1n) is 5.07. The minimum Gasteiger partial charge on any atom is -0.369 e. The van der Waals surface area contributed by atoms with Crippen molar-refractivity contribution in [2.45, 2.75) is 31.8 Å². The van der Waals surface area contributed by atoms with Crippen LogP contribution in [0.5, 0.6) is 0 Å². The Hall–Kier alpha value is -1.41. The standard InChI is InChI=1S/C9H16N4O3S/c1-6(2)13(5-8(10)14)17(15,16)9-4-11-7(3)12-9/h4,6H,5H2,1-3H3,(H2,10,14)(H,11,12). The molecule has 0 atom stereocenters. The van der Waals surface area contributed by atoms with Gasteiger partial charge in [0.15, 0.2) is 5.03 Å². The van der Waals surface area contributed by atoms with Crippen LogP contribution in [0.2, 0.25) is 0 Å². The monoisotopic (exact) mass is 260 g/mol. The highest BCUT2D eigenvalue weighted by atomic mass is 32.2. The number of nitrogens with zero attached hydrogens (tertiary/aromatic N) is 2. The number of H-pyrrole nitrogens is 1. The number of aromatic nitrogens is 2. The Morgan fingerprint density at radius 2 is 2.18 bits per heavy atom. The van der Waals surface area contributed by atoms with Crippen LogP contribution in [0.3, 0.4) is 0 Å². The number of hydrogen-bond donors (Lipinski definition) is 2. The number of nitrogens with two attached hydrogens (primary N) is 1. The van der Waals surface area contributed by atoms with Crippen LogP contribution in [0, 0.1) is 6.92 Å². The fraction of sp³-hybridized carbons (Fsp3) is 0.556. The van der Waals surface area contributed by atoms with Crippen molar-refractivity contribution in [3.63, 3.8) is 0 Å². The first kappa shape index (κ1) is 13.7. The lowest BCUT2D eigenvalue weighted by molar-refractivity contribution is -0.118. The molecule has 1 aromatic heterocycles. The number of aryl methyl sites for hydroxylation is 1. The average Bonchev–Trinajstić information content (AvgIpc) is 2.61. The molecule has 1 rings (SSSR count). The van der Waals surface area contributed by atoms with E-state index in [9.17, 15) is 13.2 Å². The molecule has 3 N–H and O–H groups in total. The number of aromatic amines is 1. The molecule has 0 bridgehead atoms.